The minimum absolute atomic E-state index is 0.363. The van der Waals surface area contributed by atoms with Crippen LogP contribution in [0.15, 0.2) is 0 Å². The van der Waals surface area contributed by atoms with E-state index in [1.165, 1.54) is 37.8 Å². The molecular weight excluding hydrogens is 292 g/mol. The summed E-state index contributed by atoms with van der Waals surface area (Å²) in [5.41, 5.74) is 0. The minimum atomic E-state index is -1.57. The SMILES string of the molecule is CC[Si](CC)(OC1CCC(Br)CC1)C(C)(C)C. The molecule has 0 unspecified atom stereocenters. The summed E-state index contributed by atoms with van der Waals surface area (Å²) in [6, 6.07) is 2.50. The fourth-order valence-electron chi connectivity index (χ4n) is 3.11. The van der Waals surface area contributed by atoms with Crippen LogP contribution in [-0.4, -0.2) is 19.2 Å². The van der Waals surface area contributed by atoms with Gasteiger partial charge in [-0.1, -0.05) is 50.5 Å². The highest BCUT2D eigenvalue weighted by atomic mass is 79.9. The molecule has 0 heterocycles. The van der Waals surface area contributed by atoms with Crippen LogP contribution in [-0.2, 0) is 4.43 Å². The fourth-order valence-corrected chi connectivity index (χ4v) is 7.82. The zero-order valence-corrected chi connectivity index (χ0v) is 14.8. The van der Waals surface area contributed by atoms with Crippen molar-refractivity contribution in [3.63, 3.8) is 0 Å². The van der Waals surface area contributed by atoms with Crippen LogP contribution in [0.2, 0.25) is 17.1 Å². The molecule has 0 spiro atoms. The Kier molecular flexibility index (Phi) is 5.73. The summed E-state index contributed by atoms with van der Waals surface area (Å²) < 4.78 is 6.71. The molecule has 0 amide bonds. The first-order valence-electron chi connectivity index (χ1n) is 7.16. The Bertz CT molecular complexity index is 225. The van der Waals surface area contributed by atoms with Crippen LogP contribution in [0.3, 0.4) is 0 Å². The van der Waals surface area contributed by atoms with E-state index < -0.39 is 8.32 Å². The summed E-state index contributed by atoms with van der Waals surface area (Å²) in [7, 11) is -1.57. The largest absolute Gasteiger partial charge is 0.413 e. The van der Waals surface area contributed by atoms with Crippen LogP contribution in [0.1, 0.15) is 60.3 Å². The molecular formula is C14H29BrOSi. The van der Waals surface area contributed by atoms with E-state index in [-0.39, 0.29) is 0 Å². The standard InChI is InChI=1S/C14H29BrOSi/c1-6-17(7-2,14(3,4)5)16-13-10-8-12(15)9-11-13/h12-13H,6-11H2,1-5H3. The highest BCUT2D eigenvalue weighted by Crippen LogP contribution is 2.44. The van der Waals surface area contributed by atoms with Crippen LogP contribution in [0.25, 0.3) is 0 Å². The molecule has 1 nitrogen and oxygen atoms in total. The highest BCUT2D eigenvalue weighted by molar-refractivity contribution is 9.09. The van der Waals surface area contributed by atoms with Crippen LogP contribution in [0.4, 0.5) is 0 Å². The van der Waals surface area contributed by atoms with Crippen molar-refractivity contribution in [3.8, 4) is 0 Å². The lowest BCUT2D eigenvalue weighted by Crippen LogP contribution is -2.49. The van der Waals surface area contributed by atoms with E-state index in [2.05, 4.69) is 50.5 Å². The average molecular weight is 321 g/mol. The Hall–Kier alpha value is 0.657. The first kappa shape index (κ1) is 15.7. The van der Waals surface area contributed by atoms with Gasteiger partial charge in [-0.3, -0.25) is 0 Å². The Morgan fingerprint density at radius 1 is 1.06 bits per heavy atom. The zero-order valence-electron chi connectivity index (χ0n) is 12.2. The van der Waals surface area contributed by atoms with Gasteiger partial charge in [0.25, 0.3) is 0 Å². The van der Waals surface area contributed by atoms with Gasteiger partial charge in [-0.05, 0) is 42.8 Å². The minimum Gasteiger partial charge on any atom is -0.413 e. The first-order valence-corrected chi connectivity index (χ1v) is 10.4. The third-order valence-electron chi connectivity index (χ3n) is 4.51. The van der Waals surface area contributed by atoms with Crippen molar-refractivity contribution in [1.82, 2.24) is 0 Å². The molecule has 0 bridgehead atoms. The zero-order chi connectivity index (χ0) is 13.1. The molecule has 0 aliphatic heterocycles. The molecule has 0 radical (unpaired) electrons. The number of halogens is 1. The Labute approximate surface area is 117 Å². The van der Waals surface area contributed by atoms with Gasteiger partial charge < -0.3 is 4.43 Å². The molecule has 0 atom stereocenters. The predicted octanol–water partition coefficient (Wildman–Crippen LogP) is 5.49. The molecule has 0 saturated heterocycles. The smallest absolute Gasteiger partial charge is 0.197 e. The van der Waals surface area contributed by atoms with Crippen LogP contribution < -0.4 is 0 Å². The van der Waals surface area contributed by atoms with Gasteiger partial charge in [-0.25, -0.2) is 0 Å². The van der Waals surface area contributed by atoms with Gasteiger partial charge in [0.05, 0.1) is 0 Å². The molecule has 1 aliphatic carbocycles. The van der Waals surface area contributed by atoms with Crippen molar-refractivity contribution in [2.75, 3.05) is 0 Å². The van der Waals surface area contributed by atoms with Crippen LogP contribution in [0, 0.1) is 0 Å². The predicted molar refractivity (Wildman–Crippen MR) is 82.5 cm³/mol. The van der Waals surface area contributed by atoms with Crippen LogP contribution >= 0.6 is 15.9 Å². The molecule has 0 N–H and O–H groups in total. The van der Waals surface area contributed by atoms with Crippen molar-refractivity contribution in [3.05, 3.63) is 0 Å². The van der Waals surface area contributed by atoms with E-state index in [0.717, 1.165) is 4.83 Å². The molecule has 0 aromatic rings. The van der Waals surface area contributed by atoms with Gasteiger partial charge in [0.15, 0.2) is 8.32 Å². The summed E-state index contributed by atoms with van der Waals surface area (Å²) in [6.07, 6.45) is 5.61. The lowest BCUT2D eigenvalue weighted by atomic mass is 9.98. The Balaban J connectivity index is 2.67. The fraction of sp³-hybridized carbons (Fsp3) is 1.00. The molecule has 17 heavy (non-hydrogen) atoms. The monoisotopic (exact) mass is 320 g/mol. The molecule has 1 rings (SSSR count). The van der Waals surface area contributed by atoms with Gasteiger partial charge in [-0.15, -0.1) is 0 Å². The van der Waals surface area contributed by atoms with E-state index in [1.807, 2.05) is 0 Å². The lowest BCUT2D eigenvalue weighted by molar-refractivity contribution is 0.136. The third kappa shape index (κ3) is 3.81. The average Bonchev–Trinajstić information content (AvgIpc) is 2.27. The van der Waals surface area contributed by atoms with E-state index in [1.54, 1.807) is 0 Å². The van der Waals surface area contributed by atoms with Crippen molar-refractivity contribution < 1.29 is 4.43 Å². The van der Waals surface area contributed by atoms with Crippen molar-refractivity contribution >= 4 is 24.2 Å². The summed E-state index contributed by atoms with van der Waals surface area (Å²) in [5.74, 6) is 0. The van der Waals surface area contributed by atoms with Crippen molar-refractivity contribution in [2.45, 2.75) is 88.4 Å². The Morgan fingerprint density at radius 3 is 1.88 bits per heavy atom. The van der Waals surface area contributed by atoms with Gasteiger partial charge >= 0.3 is 0 Å². The quantitative estimate of drug-likeness (QED) is 0.491. The maximum atomic E-state index is 6.71. The first-order chi connectivity index (χ1) is 7.84. The molecule has 3 heteroatoms. The van der Waals surface area contributed by atoms with Gasteiger partial charge in [0.2, 0.25) is 0 Å². The number of rotatable bonds is 4. The van der Waals surface area contributed by atoms with Gasteiger partial charge in [-0.2, -0.15) is 0 Å². The summed E-state index contributed by atoms with van der Waals surface area (Å²) in [6.45, 7) is 11.8. The van der Waals surface area contributed by atoms with Crippen molar-refractivity contribution in [1.29, 1.82) is 0 Å². The van der Waals surface area contributed by atoms with Crippen molar-refractivity contribution in [2.24, 2.45) is 0 Å². The van der Waals surface area contributed by atoms with E-state index >= 15 is 0 Å². The Morgan fingerprint density at radius 2 is 1.53 bits per heavy atom. The number of alkyl halides is 1. The third-order valence-corrected chi connectivity index (χ3v) is 11.2. The maximum absolute atomic E-state index is 6.71. The van der Waals surface area contributed by atoms with E-state index in [0.29, 0.717) is 11.1 Å². The maximum Gasteiger partial charge on any atom is 0.197 e. The highest BCUT2D eigenvalue weighted by Gasteiger charge is 2.45. The molecule has 0 aromatic heterocycles. The second-order valence-electron chi connectivity index (χ2n) is 6.44. The molecule has 0 aromatic carbocycles. The van der Waals surface area contributed by atoms with Gasteiger partial charge in [0, 0.05) is 10.9 Å². The molecule has 1 fully saturated rings. The molecule has 102 valence electrons. The summed E-state index contributed by atoms with van der Waals surface area (Å²) in [4.78, 5) is 0.733. The molecule has 1 saturated carbocycles. The second-order valence-corrected chi connectivity index (χ2v) is 12.9. The van der Waals surface area contributed by atoms with Crippen LogP contribution in [0.5, 0.6) is 0 Å². The number of hydrogen-bond donors (Lipinski definition) is 0. The van der Waals surface area contributed by atoms with E-state index in [4.69, 9.17) is 4.43 Å². The van der Waals surface area contributed by atoms with Gasteiger partial charge in [0.1, 0.15) is 0 Å². The summed E-state index contributed by atoms with van der Waals surface area (Å²) >= 11 is 3.72. The number of hydrogen-bond acceptors (Lipinski definition) is 1. The normalized spacial score (nSPS) is 27.2. The molecule has 1 aliphatic rings. The second kappa shape index (κ2) is 6.20. The topological polar surface area (TPSA) is 9.23 Å². The lowest BCUT2D eigenvalue weighted by Gasteiger charge is -2.44. The van der Waals surface area contributed by atoms with E-state index in [9.17, 15) is 0 Å². The summed E-state index contributed by atoms with van der Waals surface area (Å²) in [5, 5.41) is 0.363.